The predicted molar refractivity (Wildman–Crippen MR) is 80.6 cm³/mol. The van der Waals surface area contributed by atoms with Crippen molar-refractivity contribution in [2.45, 2.75) is 24.9 Å². The Kier molecular flexibility index (Phi) is 3.18. The van der Waals surface area contributed by atoms with Crippen molar-refractivity contribution in [3.63, 3.8) is 0 Å². The Balaban J connectivity index is 1.54. The summed E-state index contributed by atoms with van der Waals surface area (Å²) in [6.07, 6.45) is 6.24. The molecule has 1 atom stereocenters. The van der Waals surface area contributed by atoms with Crippen LogP contribution < -0.4 is 9.80 Å². The number of hydrogen-bond donors (Lipinski definition) is 2. The van der Waals surface area contributed by atoms with Crippen LogP contribution in [0.15, 0.2) is 18.6 Å². The van der Waals surface area contributed by atoms with Gasteiger partial charge in [-0.3, -0.25) is 0 Å². The van der Waals surface area contributed by atoms with Gasteiger partial charge in [0.15, 0.2) is 0 Å². The number of nitrogens with one attached hydrogen (secondary N) is 1. The molecule has 2 aliphatic heterocycles. The van der Waals surface area contributed by atoms with E-state index in [1.807, 2.05) is 6.07 Å². The van der Waals surface area contributed by atoms with Gasteiger partial charge in [-0.05, 0) is 12.8 Å². The number of H-pyrrole nitrogens is 1. The number of hydrogen-bond acceptors (Lipinski definition) is 7. The molecule has 0 spiro atoms. The Morgan fingerprint density at radius 3 is 2.59 bits per heavy atom. The fourth-order valence-corrected chi connectivity index (χ4v) is 3.25. The number of aliphatic hydroxyl groups is 1. The lowest BCUT2D eigenvalue weighted by Crippen LogP contribution is -2.31. The summed E-state index contributed by atoms with van der Waals surface area (Å²) < 4.78 is 0. The molecule has 0 unspecified atom stereocenters. The van der Waals surface area contributed by atoms with Crippen LogP contribution in [0.5, 0.6) is 0 Å². The number of rotatable bonds is 3. The van der Waals surface area contributed by atoms with Crippen LogP contribution >= 0.6 is 0 Å². The average Bonchev–Trinajstić information content (AvgIpc) is 3.29. The lowest BCUT2D eigenvalue weighted by Gasteiger charge is -2.23. The van der Waals surface area contributed by atoms with Crippen molar-refractivity contribution < 1.29 is 5.11 Å². The van der Waals surface area contributed by atoms with E-state index in [4.69, 9.17) is 0 Å². The van der Waals surface area contributed by atoms with E-state index in [2.05, 4.69) is 35.2 Å². The van der Waals surface area contributed by atoms with Crippen LogP contribution in [0.2, 0.25) is 0 Å². The molecule has 0 radical (unpaired) electrons. The summed E-state index contributed by atoms with van der Waals surface area (Å²) in [4.78, 5) is 13.1. The molecule has 2 saturated heterocycles. The first-order valence-electron chi connectivity index (χ1n) is 7.65. The second-order valence-corrected chi connectivity index (χ2v) is 5.99. The molecule has 0 aliphatic carbocycles. The highest BCUT2D eigenvalue weighted by molar-refractivity contribution is 5.51. The van der Waals surface area contributed by atoms with Crippen LogP contribution in [-0.4, -0.2) is 56.7 Å². The zero-order valence-electron chi connectivity index (χ0n) is 12.3. The molecule has 0 saturated carbocycles. The molecular formula is C14H19N7O. The summed E-state index contributed by atoms with van der Waals surface area (Å²) >= 11 is 0. The Morgan fingerprint density at radius 2 is 1.86 bits per heavy atom. The highest BCUT2D eigenvalue weighted by atomic mass is 16.3. The molecule has 0 bridgehead atoms. The molecule has 8 nitrogen and oxygen atoms in total. The third kappa shape index (κ3) is 2.29. The maximum Gasteiger partial charge on any atom is 0.134 e. The van der Waals surface area contributed by atoms with Crippen molar-refractivity contribution in [1.82, 2.24) is 25.4 Å². The quantitative estimate of drug-likeness (QED) is 0.841. The molecule has 2 N–H and O–H groups in total. The van der Waals surface area contributed by atoms with Gasteiger partial charge in [-0.15, -0.1) is 0 Å². The number of aromatic amines is 1. The molecule has 2 aromatic heterocycles. The third-order valence-corrected chi connectivity index (χ3v) is 4.53. The van der Waals surface area contributed by atoms with Crippen molar-refractivity contribution in [2.75, 3.05) is 36.0 Å². The summed E-state index contributed by atoms with van der Waals surface area (Å²) in [6.45, 7) is 3.31. The van der Waals surface area contributed by atoms with Gasteiger partial charge >= 0.3 is 0 Å². The van der Waals surface area contributed by atoms with Gasteiger partial charge in [0.1, 0.15) is 29.3 Å². The molecule has 4 rings (SSSR count). The molecular weight excluding hydrogens is 282 g/mol. The van der Waals surface area contributed by atoms with Gasteiger partial charge in [-0.1, -0.05) is 0 Å². The maximum atomic E-state index is 10.7. The number of aromatic nitrogens is 5. The van der Waals surface area contributed by atoms with Gasteiger partial charge in [0.05, 0.1) is 12.7 Å². The van der Waals surface area contributed by atoms with Gasteiger partial charge < -0.3 is 14.9 Å². The normalized spacial score (nSPS) is 25.1. The second-order valence-electron chi connectivity index (χ2n) is 5.99. The topological polar surface area (TPSA) is 94.1 Å². The van der Waals surface area contributed by atoms with Crippen molar-refractivity contribution >= 4 is 11.6 Å². The molecule has 2 aliphatic rings. The smallest absolute Gasteiger partial charge is 0.134 e. The molecule has 116 valence electrons. The van der Waals surface area contributed by atoms with E-state index < -0.39 is 5.60 Å². The van der Waals surface area contributed by atoms with Crippen LogP contribution in [0.1, 0.15) is 25.0 Å². The van der Waals surface area contributed by atoms with Gasteiger partial charge in [0.25, 0.3) is 0 Å². The molecule has 22 heavy (non-hydrogen) atoms. The van der Waals surface area contributed by atoms with E-state index in [0.717, 1.165) is 31.3 Å². The monoisotopic (exact) mass is 301 g/mol. The lowest BCUT2D eigenvalue weighted by molar-refractivity contribution is 0.0559. The lowest BCUT2D eigenvalue weighted by atomic mass is 10.0. The molecule has 2 aromatic rings. The van der Waals surface area contributed by atoms with Crippen LogP contribution in [0.4, 0.5) is 11.6 Å². The first kappa shape index (κ1) is 13.4. The van der Waals surface area contributed by atoms with E-state index in [0.29, 0.717) is 18.7 Å². The van der Waals surface area contributed by atoms with Crippen LogP contribution in [0.25, 0.3) is 0 Å². The van der Waals surface area contributed by atoms with E-state index in [9.17, 15) is 5.11 Å². The molecule has 0 amide bonds. The summed E-state index contributed by atoms with van der Waals surface area (Å²) in [5.41, 5.74) is -0.380. The molecule has 8 heteroatoms. The minimum Gasteiger partial charge on any atom is -0.381 e. The van der Waals surface area contributed by atoms with E-state index >= 15 is 0 Å². The number of anilines is 2. The van der Waals surface area contributed by atoms with Crippen LogP contribution in [0, 0.1) is 0 Å². The van der Waals surface area contributed by atoms with Crippen molar-refractivity contribution in [2.24, 2.45) is 0 Å². The molecule has 0 aromatic carbocycles. The van der Waals surface area contributed by atoms with Crippen molar-refractivity contribution in [1.29, 1.82) is 0 Å². The van der Waals surface area contributed by atoms with Gasteiger partial charge in [0.2, 0.25) is 0 Å². The summed E-state index contributed by atoms with van der Waals surface area (Å²) in [5, 5.41) is 21.1. The minimum atomic E-state index is -0.967. The highest BCUT2D eigenvalue weighted by Gasteiger charge is 2.40. The number of β-amino-alcohol motifs (C(OH)–C–C–N with tert-alkyl or cyclic N) is 1. The summed E-state index contributed by atoms with van der Waals surface area (Å²) in [7, 11) is 0. The Hall–Kier alpha value is -2.22. The van der Waals surface area contributed by atoms with Crippen molar-refractivity contribution in [3.8, 4) is 0 Å². The van der Waals surface area contributed by atoms with Gasteiger partial charge in [-0.2, -0.15) is 15.4 Å². The van der Waals surface area contributed by atoms with Crippen molar-refractivity contribution in [3.05, 3.63) is 24.3 Å². The minimum absolute atomic E-state index is 0.468. The van der Waals surface area contributed by atoms with Crippen LogP contribution in [0.3, 0.4) is 0 Å². The van der Waals surface area contributed by atoms with E-state index in [1.165, 1.54) is 12.8 Å². The average molecular weight is 301 g/mol. The van der Waals surface area contributed by atoms with Crippen LogP contribution in [-0.2, 0) is 5.60 Å². The molecule has 2 fully saturated rings. The zero-order chi connectivity index (χ0) is 15.0. The molecule has 4 heterocycles. The summed E-state index contributed by atoms with van der Waals surface area (Å²) in [6, 6.07) is 2.01. The second kappa shape index (κ2) is 5.20. The SMILES string of the molecule is O[C@]1(c2cn[nH]n2)CCN(c2cc(N3CCCC3)ncn2)C1. The highest BCUT2D eigenvalue weighted by Crippen LogP contribution is 2.33. The maximum absolute atomic E-state index is 10.7. The third-order valence-electron chi connectivity index (χ3n) is 4.53. The van der Waals surface area contributed by atoms with Gasteiger partial charge in [0, 0.05) is 32.1 Å². The predicted octanol–water partition coefficient (Wildman–Crippen LogP) is 0.293. The Morgan fingerprint density at radius 1 is 1.09 bits per heavy atom. The number of nitrogens with zero attached hydrogens (tertiary/aromatic N) is 6. The fourth-order valence-electron chi connectivity index (χ4n) is 3.25. The standard InChI is InChI=1S/C14H19N7O/c22-14(11-8-17-19-18-11)3-6-21(9-14)13-7-12(15-10-16-13)20-4-1-2-5-20/h7-8,10,22H,1-6,9H2,(H,17,18,19)/t14-/m1/s1. The van der Waals surface area contributed by atoms with Gasteiger partial charge in [-0.25, -0.2) is 9.97 Å². The fraction of sp³-hybridized carbons (Fsp3) is 0.571. The Bertz CT molecular complexity index is 640. The zero-order valence-corrected chi connectivity index (χ0v) is 12.3. The van der Waals surface area contributed by atoms with E-state index in [-0.39, 0.29) is 0 Å². The first-order valence-corrected chi connectivity index (χ1v) is 7.65. The largest absolute Gasteiger partial charge is 0.381 e. The first-order chi connectivity index (χ1) is 10.7. The summed E-state index contributed by atoms with van der Waals surface area (Å²) in [5.74, 6) is 1.83. The Labute approximate surface area is 128 Å². The van der Waals surface area contributed by atoms with E-state index in [1.54, 1.807) is 12.5 Å².